The van der Waals surface area contributed by atoms with Gasteiger partial charge in [0.1, 0.15) is 5.56 Å². The number of aryl methyl sites for hydroxylation is 1. The smallest absolute Gasteiger partial charge is 0.341 e. The highest BCUT2D eigenvalue weighted by Gasteiger charge is 2.19. The molecule has 0 bridgehead atoms. The van der Waals surface area contributed by atoms with Crippen LogP contribution >= 0.6 is 0 Å². The minimum atomic E-state index is -0.565. The Kier molecular flexibility index (Phi) is 6.63. The molecule has 1 rings (SSSR count). The van der Waals surface area contributed by atoms with Gasteiger partial charge in [0.25, 0.3) is 0 Å². The summed E-state index contributed by atoms with van der Waals surface area (Å²) in [4.78, 5) is 13.7. The third-order valence-corrected chi connectivity index (χ3v) is 2.86. The number of aliphatic hydroxyl groups excluding tert-OH is 1. The van der Waals surface area contributed by atoms with Crippen LogP contribution in [0.25, 0.3) is 0 Å². The Morgan fingerprint density at radius 3 is 2.90 bits per heavy atom. The first-order valence-electron chi connectivity index (χ1n) is 6.53. The highest BCUT2D eigenvalue weighted by molar-refractivity contribution is 5.90. The fourth-order valence-corrected chi connectivity index (χ4v) is 1.95. The molecule has 1 aromatic rings. The molecule has 0 aliphatic rings. The first kappa shape index (κ1) is 16.6. The minimum Gasteiger partial charge on any atom is -0.462 e. The first-order chi connectivity index (χ1) is 9.49. The minimum absolute atomic E-state index is 0.278. The van der Waals surface area contributed by atoms with E-state index in [1.807, 2.05) is 11.9 Å². The number of hydrogen-bond acceptors (Lipinski definition) is 6. The zero-order valence-corrected chi connectivity index (χ0v) is 12.5. The van der Waals surface area contributed by atoms with Gasteiger partial charge in [-0.2, -0.15) is 5.10 Å². The van der Waals surface area contributed by atoms with Crippen molar-refractivity contribution in [3.05, 3.63) is 17.5 Å². The maximum Gasteiger partial charge on any atom is 0.341 e. The molecule has 0 saturated carbocycles. The van der Waals surface area contributed by atoms with Gasteiger partial charge in [-0.25, -0.2) is 4.79 Å². The molecule has 0 radical (unpaired) electrons. The van der Waals surface area contributed by atoms with Crippen LogP contribution in [0.15, 0.2) is 6.20 Å². The van der Waals surface area contributed by atoms with E-state index in [4.69, 9.17) is 9.47 Å². The Morgan fingerprint density at radius 1 is 1.60 bits per heavy atom. The maximum atomic E-state index is 11.8. The lowest BCUT2D eigenvalue weighted by Gasteiger charge is -2.20. The molecule has 7 nitrogen and oxygen atoms in total. The van der Waals surface area contributed by atoms with Crippen molar-refractivity contribution in [1.82, 2.24) is 14.7 Å². The van der Waals surface area contributed by atoms with Crippen LogP contribution < -0.4 is 0 Å². The number of esters is 1. The fourth-order valence-electron chi connectivity index (χ4n) is 1.95. The average Bonchev–Trinajstić information content (AvgIpc) is 2.71. The van der Waals surface area contributed by atoms with Gasteiger partial charge in [0.15, 0.2) is 0 Å². The lowest BCUT2D eigenvalue weighted by Crippen LogP contribution is -2.32. The summed E-state index contributed by atoms with van der Waals surface area (Å²) in [5.41, 5.74) is 1.22. The van der Waals surface area contributed by atoms with Gasteiger partial charge in [0.2, 0.25) is 0 Å². The van der Waals surface area contributed by atoms with Gasteiger partial charge in [-0.3, -0.25) is 9.58 Å². The number of carbonyl (C=O) groups excluding carboxylic acids is 1. The van der Waals surface area contributed by atoms with Crippen molar-refractivity contribution >= 4 is 5.97 Å². The number of methoxy groups -OCH3 is 1. The number of rotatable bonds is 8. The van der Waals surface area contributed by atoms with Crippen molar-refractivity contribution in [2.24, 2.45) is 7.05 Å². The van der Waals surface area contributed by atoms with Gasteiger partial charge in [0, 0.05) is 27.2 Å². The molecule has 20 heavy (non-hydrogen) atoms. The zero-order valence-electron chi connectivity index (χ0n) is 12.5. The fraction of sp³-hybridized carbons (Fsp3) is 0.692. The van der Waals surface area contributed by atoms with Crippen molar-refractivity contribution in [3.8, 4) is 0 Å². The van der Waals surface area contributed by atoms with E-state index in [0.717, 1.165) is 5.69 Å². The summed E-state index contributed by atoms with van der Waals surface area (Å²) in [6.07, 6.45) is 0.941. The van der Waals surface area contributed by atoms with Crippen molar-refractivity contribution in [3.63, 3.8) is 0 Å². The van der Waals surface area contributed by atoms with E-state index >= 15 is 0 Å². The van der Waals surface area contributed by atoms with Crippen LogP contribution in [0.5, 0.6) is 0 Å². The monoisotopic (exact) mass is 285 g/mol. The molecule has 114 valence electrons. The third kappa shape index (κ3) is 4.59. The van der Waals surface area contributed by atoms with Gasteiger partial charge in [-0.05, 0) is 14.0 Å². The van der Waals surface area contributed by atoms with E-state index in [-0.39, 0.29) is 12.6 Å². The van der Waals surface area contributed by atoms with Crippen molar-refractivity contribution in [1.29, 1.82) is 0 Å². The van der Waals surface area contributed by atoms with E-state index in [2.05, 4.69) is 5.10 Å². The SMILES string of the molecule is CCOC(=O)c1cnn(C)c1CN(C)CC(O)COC. The second-order valence-electron chi connectivity index (χ2n) is 4.65. The van der Waals surface area contributed by atoms with Gasteiger partial charge in [0.05, 0.1) is 31.2 Å². The predicted octanol–water partition coefficient (Wildman–Crippen LogP) is 0.0359. The number of hydrogen-bond donors (Lipinski definition) is 1. The summed E-state index contributed by atoms with van der Waals surface area (Å²) in [7, 11) is 5.18. The standard InChI is InChI=1S/C13H23N3O4/c1-5-20-13(18)11-6-14-16(3)12(11)8-15(2)7-10(17)9-19-4/h6,10,17H,5,7-9H2,1-4H3. The first-order valence-corrected chi connectivity index (χ1v) is 6.53. The van der Waals surface area contributed by atoms with Crippen molar-refractivity contribution in [2.45, 2.75) is 19.6 Å². The molecule has 1 unspecified atom stereocenters. The normalized spacial score (nSPS) is 12.7. The molecular weight excluding hydrogens is 262 g/mol. The third-order valence-electron chi connectivity index (χ3n) is 2.86. The Labute approximate surface area is 119 Å². The average molecular weight is 285 g/mol. The van der Waals surface area contributed by atoms with Crippen LogP contribution in [0.2, 0.25) is 0 Å². The molecule has 0 aliphatic carbocycles. The molecule has 0 saturated heterocycles. The molecule has 1 atom stereocenters. The molecule has 1 heterocycles. The van der Waals surface area contributed by atoms with Crippen LogP contribution in [0, 0.1) is 0 Å². The Balaban J connectivity index is 2.71. The lowest BCUT2D eigenvalue weighted by molar-refractivity contribution is 0.0411. The number of aromatic nitrogens is 2. The van der Waals surface area contributed by atoms with Crippen LogP contribution in [0.3, 0.4) is 0 Å². The van der Waals surface area contributed by atoms with E-state index in [0.29, 0.717) is 25.3 Å². The molecular formula is C13H23N3O4. The van der Waals surface area contributed by atoms with Gasteiger partial charge in [-0.1, -0.05) is 0 Å². The summed E-state index contributed by atoms with van der Waals surface area (Å²) in [5.74, 6) is -0.374. The number of aliphatic hydroxyl groups is 1. The number of carbonyl (C=O) groups is 1. The maximum absolute atomic E-state index is 11.8. The highest BCUT2D eigenvalue weighted by Crippen LogP contribution is 2.12. The lowest BCUT2D eigenvalue weighted by atomic mass is 10.2. The summed E-state index contributed by atoms with van der Waals surface area (Å²) >= 11 is 0. The van der Waals surface area contributed by atoms with Crippen LogP contribution in [-0.4, -0.2) is 65.8 Å². The highest BCUT2D eigenvalue weighted by atomic mass is 16.5. The van der Waals surface area contributed by atoms with Crippen molar-refractivity contribution < 1.29 is 19.4 Å². The van der Waals surface area contributed by atoms with E-state index in [1.165, 1.54) is 6.20 Å². The molecule has 0 aliphatic heterocycles. The molecule has 0 amide bonds. The van der Waals surface area contributed by atoms with Crippen molar-refractivity contribution in [2.75, 3.05) is 33.9 Å². The summed E-state index contributed by atoms with van der Waals surface area (Å²) < 4.78 is 11.5. The quantitative estimate of drug-likeness (QED) is 0.679. The molecule has 1 aromatic heterocycles. The van der Waals surface area contributed by atoms with Gasteiger partial charge in [-0.15, -0.1) is 0 Å². The van der Waals surface area contributed by atoms with E-state index < -0.39 is 6.10 Å². The molecule has 0 aromatic carbocycles. The Bertz CT molecular complexity index is 433. The van der Waals surface area contributed by atoms with Gasteiger partial charge < -0.3 is 14.6 Å². The molecule has 1 N–H and O–H groups in total. The number of nitrogens with zero attached hydrogens (tertiary/aromatic N) is 3. The second-order valence-corrected chi connectivity index (χ2v) is 4.65. The van der Waals surface area contributed by atoms with Crippen LogP contribution in [0.4, 0.5) is 0 Å². The molecule has 0 fully saturated rings. The summed E-state index contributed by atoms with van der Waals surface area (Å²) in [6.45, 7) is 3.31. The van der Waals surface area contributed by atoms with Crippen LogP contribution in [-0.2, 0) is 23.1 Å². The largest absolute Gasteiger partial charge is 0.462 e. The summed E-state index contributed by atoms with van der Waals surface area (Å²) in [6, 6.07) is 0. The Hall–Kier alpha value is -1.44. The van der Waals surface area contributed by atoms with Gasteiger partial charge >= 0.3 is 5.97 Å². The predicted molar refractivity (Wildman–Crippen MR) is 73.4 cm³/mol. The summed E-state index contributed by atoms with van der Waals surface area (Å²) in [5, 5.41) is 13.8. The topological polar surface area (TPSA) is 76.8 Å². The van der Waals surface area contributed by atoms with Crippen LogP contribution in [0.1, 0.15) is 23.0 Å². The zero-order chi connectivity index (χ0) is 15.1. The second kappa shape index (κ2) is 7.98. The van der Waals surface area contributed by atoms with E-state index in [9.17, 15) is 9.90 Å². The van der Waals surface area contributed by atoms with E-state index in [1.54, 1.807) is 25.8 Å². The number of ether oxygens (including phenoxy) is 2. The Morgan fingerprint density at radius 2 is 2.30 bits per heavy atom. The number of likely N-dealkylation sites (N-methyl/N-ethyl adjacent to an activating group) is 1. The molecule has 0 spiro atoms. The molecule has 7 heteroatoms.